The molecule has 1 aromatic carbocycles. The van der Waals surface area contributed by atoms with Gasteiger partial charge in [0.15, 0.2) is 0 Å². The highest BCUT2D eigenvalue weighted by molar-refractivity contribution is 5.80. The van der Waals surface area contributed by atoms with Gasteiger partial charge in [-0.15, -0.1) is 0 Å². The Morgan fingerprint density at radius 3 is 2.60 bits per heavy atom. The lowest BCUT2D eigenvalue weighted by molar-refractivity contribution is -0.384. The maximum atomic E-state index is 12.4. The molecule has 1 unspecified atom stereocenters. The zero-order valence-corrected chi connectivity index (χ0v) is 13.9. The van der Waals surface area contributed by atoms with E-state index >= 15 is 0 Å². The van der Waals surface area contributed by atoms with Crippen LogP contribution in [0.15, 0.2) is 24.3 Å². The Morgan fingerprint density at radius 2 is 1.96 bits per heavy atom. The van der Waals surface area contributed by atoms with Crippen molar-refractivity contribution in [1.29, 1.82) is 0 Å². The fourth-order valence-electron chi connectivity index (χ4n) is 3.44. The minimum Gasteiger partial charge on any atom is -0.366 e. The number of para-hydroxylation sites is 2. The van der Waals surface area contributed by atoms with Gasteiger partial charge in [-0.3, -0.25) is 19.7 Å². The number of nitrogens with zero attached hydrogens (tertiary/aromatic N) is 2. The van der Waals surface area contributed by atoms with Crippen molar-refractivity contribution >= 4 is 23.2 Å². The number of piperidine rings is 2. The molecule has 2 N–H and O–H groups in total. The van der Waals surface area contributed by atoms with Gasteiger partial charge < -0.3 is 15.5 Å². The predicted octanol–water partition coefficient (Wildman–Crippen LogP) is 1.21. The summed E-state index contributed by atoms with van der Waals surface area (Å²) in [7, 11) is 0. The molecule has 25 heavy (non-hydrogen) atoms. The second-order valence-electron chi connectivity index (χ2n) is 6.56. The largest absolute Gasteiger partial charge is 0.366 e. The number of benzene rings is 1. The lowest BCUT2D eigenvalue weighted by Gasteiger charge is -2.33. The minimum absolute atomic E-state index is 0.00144. The lowest BCUT2D eigenvalue weighted by Crippen LogP contribution is -2.50. The van der Waals surface area contributed by atoms with Gasteiger partial charge in [0, 0.05) is 44.1 Å². The third kappa shape index (κ3) is 4.07. The Kier molecular flexibility index (Phi) is 5.16. The van der Waals surface area contributed by atoms with Crippen LogP contribution in [0.2, 0.25) is 0 Å². The normalized spacial score (nSPS) is 21.5. The van der Waals surface area contributed by atoms with Crippen LogP contribution < -0.4 is 15.5 Å². The zero-order chi connectivity index (χ0) is 17.8. The fraction of sp³-hybridized carbons (Fsp3) is 0.529. The van der Waals surface area contributed by atoms with Crippen LogP contribution in [0, 0.1) is 16.0 Å². The molecule has 0 radical (unpaired) electrons. The summed E-state index contributed by atoms with van der Waals surface area (Å²) in [5.41, 5.74) is 0.713. The smallest absolute Gasteiger partial charge is 0.292 e. The molecule has 8 nitrogen and oxygen atoms in total. The number of nitrogens with one attached hydrogen (secondary N) is 2. The average molecular weight is 346 g/mol. The molecule has 2 heterocycles. The van der Waals surface area contributed by atoms with Crippen molar-refractivity contribution in [2.75, 3.05) is 24.5 Å². The van der Waals surface area contributed by atoms with Crippen molar-refractivity contribution in [1.82, 2.24) is 10.6 Å². The molecular weight excluding hydrogens is 324 g/mol. The maximum Gasteiger partial charge on any atom is 0.292 e. The SMILES string of the molecule is O=C1CCC(NC(=O)C2CCN(c3ccccc3[N+](=O)[O-])CC2)CN1. The molecule has 3 rings (SSSR count). The van der Waals surface area contributed by atoms with E-state index in [0.717, 1.165) is 0 Å². The fourth-order valence-corrected chi connectivity index (χ4v) is 3.44. The van der Waals surface area contributed by atoms with Crippen molar-refractivity contribution in [3.05, 3.63) is 34.4 Å². The van der Waals surface area contributed by atoms with E-state index in [1.54, 1.807) is 18.2 Å². The summed E-state index contributed by atoms with van der Waals surface area (Å²) in [5, 5.41) is 16.9. The number of rotatable bonds is 4. The molecule has 0 bridgehead atoms. The highest BCUT2D eigenvalue weighted by Crippen LogP contribution is 2.31. The highest BCUT2D eigenvalue weighted by atomic mass is 16.6. The first-order valence-corrected chi connectivity index (χ1v) is 8.60. The number of nitro groups is 1. The van der Waals surface area contributed by atoms with E-state index in [1.807, 2.05) is 4.90 Å². The topological polar surface area (TPSA) is 105 Å². The molecule has 2 fully saturated rings. The van der Waals surface area contributed by atoms with Gasteiger partial charge in [0.2, 0.25) is 11.8 Å². The monoisotopic (exact) mass is 346 g/mol. The standard InChI is InChI=1S/C17H22N4O4/c22-16-6-5-13(11-18-16)19-17(23)12-7-9-20(10-8-12)14-3-1-2-4-15(14)21(24)25/h1-4,12-13H,5-11H2,(H,18,22)(H,19,23). The molecule has 1 atom stereocenters. The quantitative estimate of drug-likeness (QED) is 0.630. The Hall–Kier alpha value is -2.64. The van der Waals surface area contributed by atoms with Crippen molar-refractivity contribution in [3.8, 4) is 0 Å². The number of amides is 2. The van der Waals surface area contributed by atoms with Gasteiger partial charge in [0.05, 0.1) is 4.92 Å². The first kappa shape index (κ1) is 17.2. The molecule has 2 aliphatic heterocycles. The first-order valence-electron chi connectivity index (χ1n) is 8.60. The van der Waals surface area contributed by atoms with E-state index in [-0.39, 0.29) is 34.4 Å². The number of carbonyl (C=O) groups excluding carboxylic acids is 2. The van der Waals surface area contributed by atoms with E-state index in [2.05, 4.69) is 10.6 Å². The molecule has 0 aliphatic carbocycles. The first-order chi connectivity index (χ1) is 12.0. The van der Waals surface area contributed by atoms with Gasteiger partial charge in [-0.05, 0) is 25.3 Å². The second kappa shape index (κ2) is 7.50. The minimum atomic E-state index is -0.370. The van der Waals surface area contributed by atoms with Gasteiger partial charge >= 0.3 is 0 Å². The van der Waals surface area contributed by atoms with Crippen molar-refractivity contribution in [2.45, 2.75) is 31.7 Å². The molecule has 134 valence electrons. The van der Waals surface area contributed by atoms with Gasteiger partial charge in [-0.1, -0.05) is 12.1 Å². The van der Waals surface area contributed by atoms with E-state index in [0.29, 0.717) is 51.0 Å². The molecule has 2 saturated heterocycles. The van der Waals surface area contributed by atoms with E-state index < -0.39 is 0 Å². The van der Waals surface area contributed by atoms with Gasteiger partial charge in [-0.25, -0.2) is 0 Å². The Labute approximate surface area is 145 Å². The second-order valence-corrected chi connectivity index (χ2v) is 6.56. The number of hydrogen-bond donors (Lipinski definition) is 2. The van der Waals surface area contributed by atoms with Crippen molar-refractivity contribution < 1.29 is 14.5 Å². The van der Waals surface area contributed by atoms with Gasteiger partial charge in [0.1, 0.15) is 5.69 Å². The summed E-state index contributed by atoms with van der Waals surface area (Å²) >= 11 is 0. The van der Waals surface area contributed by atoms with E-state index in [9.17, 15) is 19.7 Å². The lowest BCUT2D eigenvalue weighted by atomic mass is 9.94. The van der Waals surface area contributed by atoms with Gasteiger partial charge in [0.25, 0.3) is 5.69 Å². The number of hydrogen-bond acceptors (Lipinski definition) is 5. The van der Waals surface area contributed by atoms with Crippen molar-refractivity contribution in [3.63, 3.8) is 0 Å². The van der Waals surface area contributed by atoms with Crippen LogP contribution in [-0.2, 0) is 9.59 Å². The van der Waals surface area contributed by atoms with Crippen LogP contribution in [0.4, 0.5) is 11.4 Å². The molecule has 2 amide bonds. The number of anilines is 1. The van der Waals surface area contributed by atoms with Crippen LogP contribution in [0.25, 0.3) is 0 Å². The summed E-state index contributed by atoms with van der Waals surface area (Å²) < 4.78 is 0. The molecule has 0 aromatic heterocycles. The molecule has 0 spiro atoms. The Balaban J connectivity index is 1.54. The van der Waals surface area contributed by atoms with Crippen LogP contribution >= 0.6 is 0 Å². The molecule has 0 saturated carbocycles. The summed E-state index contributed by atoms with van der Waals surface area (Å²) in [4.78, 5) is 36.4. The third-order valence-electron chi connectivity index (χ3n) is 4.90. The Bertz CT molecular complexity index is 660. The van der Waals surface area contributed by atoms with Crippen LogP contribution in [0.1, 0.15) is 25.7 Å². The van der Waals surface area contributed by atoms with Gasteiger partial charge in [-0.2, -0.15) is 0 Å². The maximum absolute atomic E-state index is 12.4. The van der Waals surface area contributed by atoms with Crippen LogP contribution in [0.5, 0.6) is 0 Å². The number of nitro benzene ring substituents is 1. The number of carbonyl (C=O) groups is 2. The van der Waals surface area contributed by atoms with Crippen molar-refractivity contribution in [2.24, 2.45) is 5.92 Å². The Morgan fingerprint density at radius 1 is 1.24 bits per heavy atom. The average Bonchev–Trinajstić information content (AvgIpc) is 2.63. The van der Waals surface area contributed by atoms with E-state index in [4.69, 9.17) is 0 Å². The molecule has 1 aromatic rings. The van der Waals surface area contributed by atoms with E-state index in [1.165, 1.54) is 6.07 Å². The predicted molar refractivity (Wildman–Crippen MR) is 92.2 cm³/mol. The van der Waals surface area contributed by atoms with Crippen LogP contribution in [-0.4, -0.2) is 42.4 Å². The van der Waals surface area contributed by atoms with Crippen LogP contribution in [0.3, 0.4) is 0 Å². The molecular formula is C17H22N4O4. The highest BCUT2D eigenvalue weighted by Gasteiger charge is 2.29. The zero-order valence-electron chi connectivity index (χ0n) is 13.9. The molecule has 8 heteroatoms. The summed E-state index contributed by atoms with van der Waals surface area (Å²) in [6.45, 7) is 1.72. The summed E-state index contributed by atoms with van der Waals surface area (Å²) in [6, 6.07) is 6.70. The third-order valence-corrected chi connectivity index (χ3v) is 4.90. The molecule has 2 aliphatic rings. The summed E-state index contributed by atoms with van der Waals surface area (Å²) in [5.74, 6) is -0.0386. The summed E-state index contributed by atoms with van der Waals surface area (Å²) in [6.07, 6.45) is 2.45.